The van der Waals surface area contributed by atoms with E-state index >= 15 is 0 Å². The van der Waals surface area contributed by atoms with Gasteiger partial charge >= 0.3 is 0 Å². The lowest BCUT2D eigenvalue weighted by Crippen LogP contribution is -2.33. The van der Waals surface area contributed by atoms with Gasteiger partial charge in [0.05, 0.1) is 0 Å². The zero-order valence-corrected chi connectivity index (χ0v) is 12.1. The van der Waals surface area contributed by atoms with Gasteiger partial charge in [0.2, 0.25) is 0 Å². The second-order valence-corrected chi connectivity index (χ2v) is 6.80. The van der Waals surface area contributed by atoms with Crippen LogP contribution in [0.3, 0.4) is 0 Å². The molecular formula is C17H23FO. The summed E-state index contributed by atoms with van der Waals surface area (Å²) in [6, 6.07) is 6.81. The van der Waals surface area contributed by atoms with Crippen LogP contribution in [0.15, 0.2) is 24.3 Å². The van der Waals surface area contributed by atoms with Crippen molar-refractivity contribution in [1.29, 1.82) is 0 Å². The molecule has 2 rings (SSSR count). The van der Waals surface area contributed by atoms with Crippen LogP contribution in [0.2, 0.25) is 0 Å². The third-order valence-corrected chi connectivity index (χ3v) is 4.41. The third-order valence-electron chi connectivity index (χ3n) is 4.41. The van der Waals surface area contributed by atoms with Crippen LogP contribution in [0.4, 0.5) is 4.39 Å². The Bertz CT molecular complexity index is 459. The van der Waals surface area contributed by atoms with Crippen LogP contribution in [-0.2, 0) is 11.2 Å². The van der Waals surface area contributed by atoms with E-state index in [1.807, 2.05) is 6.07 Å². The zero-order chi connectivity index (χ0) is 14.0. The van der Waals surface area contributed by atoms with Gasteiger partial charge in [-0.05, 0) is 42.2 Å². The normalized spacial score (nSPS) is 24.5. The monoisotopic (exact) mass is 262 g/mol. The molecule has 2 unspecified atom stereocenters. The number of hydrogen-bond acceptors (Lipinski definition) is 1. The Morgan fingerprint density at radius 2 is 1.95 bits per heavy atom. The van der Waals surface area contributed by atoms with Gasteiger partial charge in [-0.15, -0.1) is 0 Å². The first-order valence-corrected chi connectivity index (χ1v) is 7.14. The minimum absolute atomic E-state index is 0.00475. The van der Waals surface area contributed by atoms with Crippen molar-refractivity contribution < 1.29 is 9.18 Å². The van der Waals surface area contributed by atoms with E-state index in [0.29, 0.717) is 30.1 Å². The van der Waals surface area contributed by atoms with Crippen molar-refractivity contribution in [2.75, 3.05) is 0 Å². The molecule has 1 aromatic rings. The fraction of sp³-hybridized carbons (Fsp3) is 0.588. The molecular weight excluding hydrogens is 239 g/mol. The number of hydrogen-bond donors (Lipinski definition) is 0. The molecule has 0 saturated heterocycles. The molecule has 0 spiro atoms. The smallest absolute Gasteiger partial charge is 0.136 e. The first-order valence-electron chi connectivity index (χ1n) is 7.14. The first kappa shape index (κ1) is 14.2. The van der Waals surface area contributed by atoms with Crippen molar-refractivity contribution in [3.8, 4) is 0 Å². The second-order valence-electron chi connectivity index (χ2n) is 6.80. The predicted molar refractivity (Wildman–Crippen MR) is 75.4 cm³/mol. The van der Waals surface area contributed by atoms with Crippen LogP contribution in [-0.4, -0.2) is 5.78 Å². The van der Waals surface area contributed by atoms with E-state index < -0.39 is 0 Å². The molecule has 0 heterocycles. The average molecular weight is 262 g/mol. The van der Waals surface area contributed by atoms with Crippen LogP contribution in [0.5, 0.6) is 0 Å². The quantitative estimate of drug-likeness (QED) is 0.772. The summed E-state index contributed by atoms with van der Waals surface area (Å²) in [5.41, 5.74) is 0.907. The Balaban J connectivity index is 2.10. The maximum Gasteiger partial charge on any atom is 0.136 e. The molecule has 2 atom stereocenters. The SMILES string of the molecule is CC(C)(C)C1CCC(=O)C(Cc2ccccc2F)C1. The number of carbonyl (C=O) groups excluding carboxylic acids is 1. The highest BCUT2D eigenvalue weighted by Gasteiger charge is 2.35. The van der Waals surface area contributed by atoms with E-state index in [1.54, 1.807) is 12.1 Å². The van der Waals surface area contributed by atoms with Gasteiger partial charge < -0.3 is 0 Å². The molecule has 1 aliphatic carbocycles. The van der Waals surface area contributed by atoms with E-state index in [4.69, 9.17) is 0 Å². The third kappa shape index (κ3) is 3.43. The van der Waals surface area contributed by atoms with Crippen LogP contribution >= 0.6 is 0 Å². The molecule has 0 aliphatic heterocycles. The van der Waals surface area contributed by atoms with Crippen molar-refractivity contribution in [3.63, 3.8) is 0 Å². The second kappa shape index (κ2) is 5.44. The fourth-order valence-corrected chi connectivity index (χ4v) is 3.03. The molecule has 0 radical (unpaired) electrons. The molecule has 1 aromatic carbocycles. The van der Waals surface area contributed by atoms with Gasteiger partial charge in [-0.3, -0.25) is 4.79 Å². The lowest BCUT2D eigenvalue weighted by atomic mass is 9.67. The largest absolute Gasteiger partial charge is 0.299 e. The maximum atomic E-state index is 13.7. The van der Waals surface area contributed by atoms with Gasteiger partial charge in [0.25, 0.3) is 0 Å². The Morgan fingerprint density at radius 1 is 1.26 bits per heavy atom. The molecule has 1 saturated carbocycles. The van der Waals surface area contributed by atoms with Crippen LogP contribution in [0.1, 0.15) is 45.6 Å². The van der Waals surface area contributed by atoms with Gasteiger partial charge in [0.1, 0.15) is 11.6 Å². The minimum atomic E-state index is -0.187. The van der Waals surface area contributed by atoms with Crippen LogP contribution in [0, 0.1) is 23.1 Å². The van der Waals surface area contributed by atoms with Gasteiger partial charge in [-0.25, -0.2) is 4.39 Å². The molecule has 1 fully saturated rings. The number of halogens is 1. The fourth-order valence-electron chi connectivity index (χ4n) is 3.03. The summed E-state index contributed by atoms with van der Waals surface area (Å²) in [6.07, 6.45) is 3.09. The van der Waals surface area contributed by atoms with Crippen molar-refractivity contribution in [3.05, 3.63) is 35.6 Å². The molecule has 2 heteroatoms. The Labute approximate surface area is 115 Å². The summed E-state index contributed by atoms with van der Waals surface area (Å²) in [6.45, 7) is 6.69. The van der Waals surface area contributed by atoms with E-state index in [0.717, 1.165) is 12.8 Å². The standard InChI is InChI=1S/C17H23FO/c1-17(2,3)14-8-9-16(19)13(11-14)10-12-6-4-5-7-15(12)18/h4-7,13-14H,8-11H2,1-3H3. The molecule has 0 N–H and O–H groups in total. The minimum Gasteiger partial charge on any atom is -0.299 e. The molecule has 0 bridgehead atoms. The van der Waals surface area contributed by atoms with E-state index in [-0.39, 0.29) is 17.2 Å². The van der Waals surface area contributed by atoms with Gasteiger partial charge in [-0.2, -0.15) is 0 Å². The van der Waals surface area contributed by atoms with Crippen LogP contribution < -0.4 is 0 Å². The van der Waals surface area contributed by atoms with Gasteiger partial charge in [-0.1, -0.05) is 39.0 Å². The number of Topliss-reactive ketones (excluding diaryl/α,β-unsaturated/α-hetero) is 1. The summed E-state index contributed by atoms with van der Waals surface area (Å²) in [5.74, 6) is 0.675. The Kier molecular flexibility index (Phi) is 4.07. The molecule has 0 amide bonds. The lowest BCUT2D eigenvalue weighted by Gasteiger charge is -2.37. The number of rotatable bonds is 2. The molecule has 1 nitrogen and oxygen atoms in total. The summed E-state index contributed by atoms with van der Waals surface area (Å²) < 4.78 is 13.7. The molecule has 19 heavy (non-hydrogen) atoms. The first-order chi connectivity index (χ1) is 8.88. The highest BCUT2D eigenvalue weighted by Crippen LogP contribution is 2.39. The van der Waals surface area contributed by atoms with Crippen LogP contribution in [0.25, 0.3) is 0 Å². The summed E-state index contributed by atoms with van der Waals surface area (Å²) in [5, 5.41) is 0. The van der Waals surface area contributed by atoms with Gasteiger partial charge in [0, 0.05) is 12.3 Å². The van der Waals surface area contributed by atoms with Crippen molar-refractivity contribution >= 4 is 5.78 Å². The predicted octanol–water partition coefficient (Wildman–Crippen LogP) is 4.40. The highest BCUT2D eigenvalue weighted by atomic mass is 19.1. The zero-order valence-electron chi connectivity index (χ0n) is 12.1. The van der Waals surface area contributed by atoms with Crippen molar-refractivity contribution in [2.24, 2.45) is 17.3 Å². The number of ketones is 1. The molecule has 1 aliphatic rings. The lowest BCUT2D eigenvalue weighted by molar-refractivity contribution is -0.126. The van der Waals surface area contributed by atoms with Gasteiger partial charge in [0.15, 0.2) is 0 Å². The van der Waals surface area contributed by atoms with Crippen molar-refractivity contribution in [1.82, 2.24) is 0 Å². The van der Waals surface area contributed by atoms with E-state index in [9.17, 15) is 9.18 Å². The Hall–Kier alpha value is -1.18. The molecule has 104 valence electrons. The highest BCUT2D eigenvalue weighted by molar-refractivity contribution is 5.82. The summed E-state index contributed by atoms with van der Waals surface area (Å²) >= 11 is 0. The summed E-state index contributed by atoms with van der Waals surface area (Å²) in [4.78, 5) is 12.1. The van der Waals surface area contributed by atoms with E-state index in [1.165, 1.54) is 6.07 Å². The Morgan fingerprint density at radius 3 is 2.58 bits per heavy atom. The van der Waals surface area contributed by atoms with E-state index in [2.05, 4.69) is 20.8 Å². The average Bonchev–Trinajstić information content (AvgIpc) is 2.33. The number of benzene rings is 1. The number of carbonyl (C=O) groups is 1. The maximum absolute atomic E-state index is 13.7. The van der Waals surface area contributed by atoms with Crippen molar-refractivity contribution in [2.45, 2.75) is 46.5 Å². The summed E-state index contributed by atoms with van der Waals surface area (Å²) in [7, 11) is 0. The topological polar surface area (TPSA) is 17.1 Å². The molecule has 0 aromatic heterocycles.